The molecule has 1 atom stereocenters. The molecule has 1 unspecified atom stereocenters. The lowest BCUT2D eigenvalue weighted by molar-refractivity contribution is 0.211. The zero-order chi connectivity index (χ0) is 13.9. The van der Waals surface area contributed by atoms with Gasteiger partial charge >= 0.3 is 0 Å². The van der Waals surface area contributed by atoms with E-state index in [2.05, 4.69) is 21.5 Å². The highest BCUT2D eigenvalue weighted by Crippen LogP contribution is 2.18. The van der Waals surface area contributed by atoms with Gasteiger partial charge in [0.05, 0.1) is 5.69 Å². The molecular weight excluding hydrogens is 264 g/mol. The summed E-state index contributed by atoms with van der Waals surface area (Å²) in [5.41, 5.74) is 5.92. The molecule has 1 aromatic heterocycles. The Labute approximate surface area is 114 Å². The van der Waals surface area contributed by atoms with E-state index in [0.717, 1.165) is 32.5 Å². The lowest BCUT2D eigenvalue weighted by Gasteiger charge is -2.32. The van der Waals surface area contributed by atoms with Gasteiger partial charge in [-0.15, -0.1) is 0 Å². The largest absolute Gasteiger partial charge is 0.398 e. The number of pyridine rings is 1. The number of sulfonamides is 1. The molecule has 1 aromatic rings. The Hall–Kier alpha value is -1.18. The van der Waals surface area contributed by atoms with Crippen molar-refractivity contribution in [3.05, 3.63) is 18.5 Å². The van der Waals surface area contributed by atoms with Gasteiger partial charge < -0.3 is 10.6 Å². The van der Waals surface area contributed by atoms with Crippen LogP contribution in [0.1, 0.15) is 19.8 Å². The molecule has 1 aliphatic rings. The highest BCUT2D eigenvalue weighted by molar-refractivity contribution is 7.89. The first kappa shape index (κ1) is 14.2. The van der Waals surface area contributed by atoms with Gasteiger partial charge in [0, 0.05) is 25.0 Å². The zero-order valence-corrected chi connectivity index (χ0v) is 11.9. The van der Waals surface area contributed by atoms with E-state index in [0.29, 0.717) is 0 Å². The fourth-order valence-corrected chi connectivity index (χ4v) is 3.67. The summed E-state index contributed by atoms with van der Waals surface area (Å²) in [5, 5.41) is 0. The van der Waals surface area contributed by atoms with Gasteiger partial charge in [0.1, 0.15) is 4.90 Å². The quantitative estimate of drug-likeness (QED) is 0.837. The van der Waals surface area contributed by atoms with E-state index >= 15 is 0 Å². The first-order valence-corrected chi connectivity index (χ1v) is 7.95. The van der Waals surface area contributed by atoms with Crippen LogP contribution in [0, 0.1) is 0 Å². The number of aromatic nitrogens is 1. The maximum absolute atomic E-state index is 12.3. The Morgan fingerprint density at radius 3 is 3.05 bits per heavy atom. The fourth-order valence-electron chi connectivity index (χ4n) is 2.34. The Morgan fingerprint density at radius 2 is 2.37 bits per heavy atom. The Bertz CT molecular complexity index is 532. The molecule has 19 heavy (non-hydrogen) atoms. The van der Waals surface area contributed by atoms with Crippen molar-refractivity contribution < 1.29 is 8.42 Å². The number of nitrogens with one attached hydrogen (secondary N) is 1. The maximum Gasteiger partial charge on any atom is 0.244 e. The van der Waals surface area contributed by atoms with E-state index in [1.54, 1.807) is 0 Å². The minimum absolute atomic E-state index is 0.0571. The number of hydrogen-bond donors (Lipinski definition) is 2. The van der Waals surface area contributed by atoms with Crippen LogP contribution in [-0.2, 0) is 10.0 Å². The molecule has 0 spiro atoms. The van der Waals surface area contributed by atoms with E-state index in [1.165, 1.54) is 18.5 Å². The number of likely N-dealkylation sites (tertiary alicyclic amines) is 1. The van der Waals surface area contributed by atoms with Crippen molar-refractivity contribution in [2.75, 3.05) is 25.4 Å². The average Bonchev–Trinajstić information content (AvgIpc) is 2.38. The summed E-state index contributed by atoms with van der Waals surface area (Å²) >= 11 is 0. The average molecular weight is 284 g/mol. The zero-order valence-electron chi connectivity index (χ0n) is 11.0. The number of rotatable bonds is 4. The highest BCUT2D eigenvalue weighted by atomic mass is 32.2. The van der Waals surface area contributed by atoms with Crippen LogP contribution in [-0.4, -0.2) is 44.0 Å². The van der Waals surface area contributed by atoms with Crippen molar-refractivity contribution in [3.63, 3.8) is 0 Å². The van der Waals surface area contributed by atoms with Gasteiger partial charge in [-0.3, -0.25) is 4.98 Å². The molecule has 1 fully saturated rings. The molecule has 3 N–H and O–H groups in total. The smallest absolute Gasteiger partial charge is 0.244 e. The number of nitrogen functional groups attached to an aromatic ring is 1. The fraction of sp³-hybridized carbons (Fsp3) is 0.583. The van der Waals surface area contributed by atoms with Crippen molar-refractivity contribution in [3.8, 4) is 0 Å². The number of nitrogens with zero attached hydrogens (tertiary/aromatic N) is 2. The molecule has 106 valence electrons. The standard InChI is InChI=1S/C12H20N4O2S/c1-2-16-7-3-4-10(9-16)15-19(17,18)12-8-14-6-5-11(12)13/h5-6,8,10,15H,2-4,7,9H2,1H3,(H2,13,14). The van der Waals surface area contributed by atoms with Gasteiger partial charge in [0.15, 0.2) is 0 Å². The molecule has 0 aromatic carbocycles. The number of anilines is 1. The van der Waals surface area contributed by atoms with Crippen LogP contribution in [0.3, 0.4) is 0 Å². The normalized spacial score (nSPS) is 21.4. The molecule has 0 radical (unpaired) electrons. The predicted octanol–water partition coefficient (Wildman–Crippen LogP) is 0.426. The third kappa shape index (κ3) is 3.43. The number of hydrogen-bond acceptors (Lipinski definition) is 5. The topological polar surface area (TPSA) is 88.3 Å². The second-order valence-corrected chi connectivity index (χ2v) is 6.45. The lowest BCUT2D eigenvalue weighted by Crippen LogP contribution is -2.47. The molecule has 2 rings (SSSR count). The van der Waals surface area contributed by atoms with Crippen molar-refractivity contribution >= 4 is 15.7 Å². The molecule has 0 amide bonds. The summed E-state index contributed by atoms with van der Waals surface area (Å²) < 4.78 is 27.3. The van der Waals surface area contributed by atoms with Gasteiger partial charge in [-0.05, 0) is 32.0 Å². The number of nitrogens with two attached hydrogens (primary N) is 1. The van der Waals surface area contributed by atoms with E-state index in [1.807, 2.05) is 0 Å². The van der Waals surface area contributed by atoms with Crippen LogP contribution in [0.15, 0.2) is 23.4 Å². The van der Waals surface area contributed by atoms with Gasteiger partial charge in [-0.25, -0.2) is 13.1 Å². The van der Waals surface area contributed by atoms with Crippen molar-refractivity contribution in [2.24, 2.45) is 0 Å². The van der Waals surface area contributed by atoms with E-state index in [9.17, 15) is 8.42 Å². The lowest BCUT2D eigenvalue weighted by atomic mass is 10.1. The summed E-state index contributed by atoms with van der Waals surface area (Å²) in [5.74, 6) is 0. The van der Waals surface area contributed by atoms with Crippen LogP contribution >= 0.6 is 0 Å². The molecule has 2 heterocycles. The van der Waals surface area contributed by atoms with Crippen LogP contribution in [0.2, 0.25) is 0 Å². The van der Waals surface area contributed by atoms with Crippen LogP contribution in [0.5, 0.6) is 0 Å². The Morgan fingerprint density at radius 1 is 1.58 bits per heavy atom. The monoisotopic (exact) mass is 284 g/mol. The van der Waals surface area contributed by atoms with Gasteiger partial charge in [0.25, 0.3) is 0 Å². The van der Waals surface area contributed by atoms with E-state index in [-0.39, 0.29) is 16.6 Å². The van der Waals surface area contributed by atoms with Crippen molar-refractivity contribution in [1.29, 1.82) is 0 Å². The van der Waals surface area contributed by atoms with Crippen LogP contribution < -0.4 is 10.5 Å². The Balaban J connectivity index is 2.11. The van der Waals surface area contributed by atoms with Gasteiger partial charge in [0.2, 0.25) is 10.0 Å². The van der Waals surface area contributed by atoms with E-state index in [4.69, 9.17) is 5.73 Å². The summed E-state index contributed by atoms with van der Waals surface area (Å²) in [6.45, 7) is 4.79. The van der Waals surface area contributed by atoms with E-state index < -0.39 is 10.0 Å². The summed E-state index contributed by atoms with van der Waals surface area (Å²) in [7, 11) is -3.59. The molecular formula is C12H20N4O2S. The molecule has 1 aliphatic heterocycles. The van der Waals surface area contributed by atoms with Gasteiger partial charge in [-0.1, -0.05) is 6.92 Å². The first-order valence-electron chi connectivity index (χ1n) is 6.47. The number of likely N-dealkylation sites (N-methyl/N-ethyl adjacent to an activating group) is 1. The minimum atomic E-state index is -3.59. The highest BCUT2D eigenvalue weighted by Gasteiger charge is 2.25. The van der Waals surface area contributed by atoms with Gasteiger partial charge in [-0.2, -0.15) is 0 Å². The van der Waals surface area contributed by atoms with Crippen LogP contribution in [0.4, 0.5) is 5.69 Å². The predicted molar refractivity (Wildman–Crippen MR) is 74.1 cm³/mol. The summed E-state index contributed by atoms with van der Waals surface area (Å²) in [6, 6.07) is 1.44. The molecule has 0 aliphatic carbocycles. The minimum Gasteiger partial charge on any atom is -0.398 e. The second-order valence-electron chi connectivity index (χ2n) is 4.77. The molecule has 0 bridgehead atoms. The third-order valence-electron chi connectivity index (χ3n) is 3.38. The molecule has 0 saturated carbocycles. The molecule has 7 heteroatoms. The maximum atomic E-state index is 12.3. The number of piperidine rings is 1. The second kappa shape index (κ2) is 5.85. The molecule has 6 nitrogen and oxygen atoms in total. The van der Waals surface area contributed by atoms with Crippen LogP contribution in [0.25, 0.3) is 0 Å². The SMILES string of the molecule is CCN1CCCC(NS(=O)(=O)c2cnccc2N)C1. The summed E-state index contributed by atoms with van der Waals surface area (Å²) in [4.78, 5) is 6.12. The Kier molecular flexibility index (Phi) is 4.38. The summed E-state index contributed by atoms with van der Waals surface area (Å²) in [6.07, 6.45) is 4.63. The molecule has 1 saturated heterocycles. The van der Waals surface area contributed by atoms with Crippen molar-refractivity contribution in [1.82, 2.24) is 14.6 Å². The van der Waals surface area contributed by atoms with Crippen molar-refractivity contribution in [2.45, 2.75) is 30.7 Å². The third-order valence-corrected chi connectivity index (χ3v) is 4.94. The first-order chi connectivity index (χ1) is 9.03.